The first-order valence-corrected chi connectivity index (χ1v) is 13.0. The summed E-state index contributed by atoms with van der Waals surface area (Å²) >= 11 is -4.93. The number of rotatable bonds is 4. The Bertz CT molecular complexity index is 728. The van der Waals surface area contributed by atoms with E-state index in [-0.39, 0.29) is 0 Å². The van der Waals surface area contributed by atoms with Gasteiger partial charge < -0.3 is 0 Å². The molecule has 170 valence electrons. The molecule has 0 atom stereocenters. The summed E-state index contributed by atoms with van der Waals surface area (Å²) in [5.41, 5.74) is 0.391. The first-order valence-electron chi connectivity index (χ1n) is 10.3. The van der Waals surface area contributed by atoms with Crippen LogP contribution in [0, 0.1) is 16.2 Å². The van der Waals surface area contributed by atoms with Crippen LogP contribution in [0.5, 0.6) is 0 Å². The molecule has 0 saturated carbocycles. The van der Waals surface area contributed by atoms with Gasteiger partial charge in [-0.1, -0.05) is 0 Å². The third-order valence-corrected chi connectivity index (χ3v) is 9.13. The summed E-state index contributed by atoms with van der Waals surface area (Å²) < 4.78 is 18.5. The van der Waals surface area contributed by atoms with Gasteiger partial charge >= 0.3 is 186 Å². The molecule has 1 rings (SSSR count). The van der Waals surface area contributed by atoms with Gasteiger partial charge in [0.25, 0.3) is 0 Å². The number of carbonyl (C=O) groups is 3. The normalized spacial score (nSPS) is 16.0. The second-order valence-corrected chi connectivity index (χ2v) is 14.8. The first-order chi connectivity index (χ1) is 13.2. The summed E-state index contributed by atoms with van der Waals surface area (Å²) in [4.78, 5) is 38.9. The minimum atomic E-state index is -4.93. The van der Waals surface area contributed by atoms with Crippen molar-refractivity contribution in [1.82, 2.24) is 0 Å². The first kappa shape index (κ1) is 26.6. The van der Waals surface area contributed by atoms with Crippen molar-refractivity contribution in [3.05, 3.63) is 20.6 Å². The molecule has 0 saturated heterocycles. The SMILES string of the molecule is CC1=C(C)C(C)=[C]([Ti]([O]C(=O)C(C)(C)C)([O]C(=O)C(C)(C)C)[O]C(=O)C(C)(C)C)C1. The molecule has 0 bridgehead atoms. The van der Waals surface area contributed by atoms with Crippen LogP contribution in [-0.2, 0) is 42.1 Å². The fourth-order valence-electron chi connectivity index (χ4n) is 2.49. The molecule has 0 fully saturated rings. The minimum absolute atomic E-state index is 0.448. The van der Waals surface area contributed by atoms with Gasteiger partial charge in [0.05, 0.1) is 0 Å². The van der Waals surface area contributed by atoms with Crippen molar-refractivity contribution in [1.29, 1.82) is 0 Å². The fourth-order valence-corrected chi connectivity index (χ4v) is 7.60. The zero-order chi connectivity index (χ0) is 23.9. The second-order valence-electron chi connectivity index (χ2n) is 11.2. The average Bonchev–Trinajstić information content (AvgIpc) is 2.79. The van der Waals surface area contributed by atoms with Gasteiger partial charge in [0.1, 0.15) is 0 Å². The van der Waals surface area contributed by atoms with Crippen LogP contribution in [-0.4, -0.2) is 17.9 Å². The summed E-state index contributed by atoms with van der Waals surface area (Å²) in [6.07, 6.45) is 0.448. The van der Waals surface area contributed by atoms with Crippen LogP contribution in [0.3, 0.4) is 0 Å². The molecule has 0 N–H and O–H groups in total. The van der Waals surface area contributed by atoms with Gasteiger partial charge in [-0.3, -0.25) is 0 Å². The standard InChI is InChI=1S/C8H11.3C5H10O2.Ti/c1-6-4-5-7(2)8(6)3;3*1-5(2,3)4(6)7;/h4H2,1-3H3;3*1-3H3,(H,6,7);/q;;;;+3/p-3. The van der Waals surface area contributed by atoms with Gasteiger partial charge in [0.15, 0.2) is 0 Å². The van der Waals surface area contributed by atoms with E-state index in [1.54, 1.807) is 62.3 Å². The van der Waals surface area contributed by atoms with Crippen molar-refractivity contribution in [2.45, 2.75) is 89.5 Å². The Balaban J connectivity index is 3.71. The van der Waals surface area contributed by atoms with Crippen LogP contribution >= 0.6 is 0 Å². The van der Waals surface area contributed by atoms with Crippen LogP contribution < -0.4 is 0 Å². The topological polar surface area (TPSA) is 78.9 Å². The molecule has 1 aliphatic rings. The molecule has 0 aliphatic heterocycles. The van der Waals surface area contributed by atoms with Gasteiger partial charge in [-0.05, 0) is 0 Å². The van der Waals surface area contributed by atoms with Crippen molar-refractivity contribution in [3.63, 3.8) is 0 Å². The van der Waals surface area contributed by atoms with Crippen molar-refractivity contribution >= 4 is 17.9 Å². The molecule has 0 heterocycles. The third-order valence-electron chi connectivity index (χ3n) is 4.99. The van der Waals surface area contributed by atoms with Gasteiger partial charge in [0, 0.05) is 0 Å². The fraction of sp³-hybridized carbons (Fsp3) is 0.696. The van der Waals surface area contributed by atoms with E-state index >= 15 is 0 Å². The summed E-state index contributed by atoms with van der Waals surface area (Å²) in [7, 11) is 0. The molecule has 0 aromatic carbocycles. The predicted molar refractivity (Wildman–Crippen MR) is 112 cm³/mol. The number of allylic oxidation sites excluding steroid dienone is 4. The van der Waals surface area contributed by atoms with Gasteiger partial charge in [-0.15, -0.1) is 0 Å². The molecular formula is C23H38O6Ti. The molecule has 0 aromatic heterocycles. The van der Waals surface area contributed by atoms with Gasteiger partial charge in [-0.2, -0.15) is 0 Å². The predicted octanol–water partition coefficient (Wildman–Crippen LogP) is 5.67. The zero-order valence-electron chi connectivity index (χ0n) is 20.7. The Hall–Kier alpha value is -1.40. The molecule has 1 aliphatic carbocycles. The van der Waals surface area contributed by atoms with Crippen molar-refractivity contribution < 1.29 is 42.1 Å². The monoisotopic (exact) mass is 458 g/mol. The molecule has 6 nitrogen and oxygen atoms in total. The van der Waals surface area contributed by atoms with E-state index in [1.807, 2.05) is 20.8 Å². The number of hydrogen-bond acceptors (Lipinski definition) is 6. The maximum atomic E-state index is 13.0. The third kappa shape index (κ3) is 6.07. The van der Waals surface area contributed by atoms with E-state index in [4.69, 9.17) is 9.96 Å². The van der Waals surface area contributed by atoms with E-state index < -0.39 is 51.9 Å². The summed E-state index contributed by atoms with van der Waals surface area (Å²) in [5.74, 6) is -1.68. The molecular weight excluding hydrogens is 420 g/mol. The molecule has 0 unspecified atom stereocenters. The molecule has 30 heavy (non-hydrogen) atoms. The summed E-state index contributed by atoms with van der Waals surface area (Å²) in [6, 6.07) is 0. The molecule has 0 spiro atoms. The quantitative estimate of drug-likeness (QED) is 0.506. The molecule has 0 amide bonds. The zero-order valence-corrected chi connectivity index (χ0v) is 22.2. The van der Waals surface area contributed by atoms with Crippen LogP contribution in [0.15, 0.2) is 20.6 Å². The maximum absolute atomic E-state index is 13.0. The number of carbonyl (C=O) groups excluding carboxylic acids is 3. The summed E-state index contributed by atoms with van der Waals surface area (Å²) in [6.45, 7) is 21.2. The Morgan fingerprint density at radius 2 is 0.933 bits per heavy atom. The molecule has 0 aromatic rings. The van der Waals surface area contributed by atoms with E-state index in [9.17, 15) is 14.4 Å². The van der Waals surface area contributed by atoms with Crippen LogP contribution in [0.1, 0.15) is 89.5 Å². The van der Waals surface area contributed by atoms with Crippen molar-refractivity contribution in [2.24, 2.45) is 16.2 Å². The van der Waals surface area contributed by atoms with Crippen LogP contribution in [0.2, 0.25) is 0 Å². The Morgan fingerprint density at radius 1 is 0.633 bits per heavy atom. The van der Waals surface area contributed by atoms with Crippen molar-refractivity contribution in [3.8, 4) is 0 Å². The second kappa shape index (κ2) is 8.62. The van der Waals surface area contributed by atoms with Crippen molar-refractivity contribution in [2.75, 3.05) is 0 Å². The average molecular weight is 458 g/mol. The number of hydrogen-bond donors (Lipinski definition) is 0. The van der Waals surface area contributed by atoms with Crippen LogP contribution in [0.25, 0.3) is 0 Å². The Labute approximate surface area is 186 Å². The van der Waals surface area contributed by atoms with Crippen LogP contribution in [0.4, 0.5) is 0 Å². The summed E-state index contributed by atoms with van der Waals surface area (Å²) in [5, 5.41) is 0. The van der Waals surface area contributed by atoms with E-state index in [0.717, 1.165) is 16.7 Å². The Morgan fingerprint density at radius 3 is 1.13 bits per heavy atom. The molecule has 0 radical (unpaired) electrons. The van der Waals surface area contributed by atoms with E-state index in [2.05, 4.69) is 0 Å². The van der Waals surface area contributed by atoms with Gasteiger partial charge in [0.2, 0.25) is 0 Å². The van der Waals surface area contributed by atoms with Gasteiger partial charge in [-0.25, -0.2) is 0 Å². The van der Waals surface area contributed by atoms with E-state index in [1.165, 1.54) is 0 Å². The Kier molecular flexibility index (Phi) is 7.66. The molecule has 7 heteroatoms. The van der Waals surface area contributed by atoms with E-state index in [0.29, 0.717) is 10.3 Å².